The lowest BCUT2D eigenvalue weighted by molar-refractivity contribution is -0.128. The van der Waals surface area contributed by atoms with Crippen molar-refractivity contribution in [2.45, 2.75) is 45.7 Å². The van der Waals surface area contributed by atoms with Gasteiger partial charge < -0.3 is 19.3 Å². The van der Waals surface area contributed by atoms with Gasteiger partial charge in [0.05, 0.1) is 32.8 Å². The number of halogens is 3. The van der Waals surface area contributed by atoms with Crippen LogP contribution in [0.3, 0.4) is 0 Å². The molecule has 10 nitrogen and oxygen atoms in total. The summed E-state index contributed by atoms with van der Waals surface area (Å²) in [7, 11) is 0. The van der Waals surface area contributed by atoms with Crippen LogP contribution >= 0.6 is 11.6 Å². The number of benzene rings is 1. The lowest BCUT2D eigenvalue weighted by Gasteiger charge is -2.44. The maximum Gasteiger partial charge on any atom is 0.356 e. The molecule has 0 saturated carbocycles. The number of hydrogen-bond acceptors (Lipinski definition) is 8. The molecule has 2 atom stereocenters. The highest BCUT2D eigenvalue weighted by molar-refractivity contribution is 6.34. The Morgan fingerprint density at radius 2 is 1.87 bits per heavy atom. The predicted octanol–water partition coefficient (Wildman–Crippen LogP) is 5.28. The van der Waals surface area contributed by atoms with Crippen LogP contribution in [0.15, 0.2) is 47.9 Å². The molecule has 1 aromatic carbocycles. The molecule has 0 spiro atoms. The molecule has 5 heterocycles. The maximum absolute atomic E-state index is 15.7. The van der Waals surface area contributed by atoms with Crippen molar-refractivity contribution in [3.8, 4) is 28.4 Å². The minimum atomic E-state index is -3.32. The monoisotopic (exact) mass is 640 g/mol. The number of anilines is 1. The molecule has 4 aromatic rings. The number of aromatic nitrogens is 4. The Labute approximate surface area is 268 Å². The second-order valence-electron chi connectivity index (χ2n) is 11.1. The summed E-state index contributed by atoms with van der Waals surface area (Å²) in [6, 6.07) is 3.55. The van der Waals surface area contributed by atoms with Crippen molar-refractivity contribution < 1.29 is 28.5 Å². The number of pyridine rings is 2. The standard InChI is InChI=1S/C32H31ClF2N6O4/c1-6-24(42)39-14-18(5)40(15-17(39)4)30-19-13-20(33)28-25-22(8-7-21(34)26(25)35)44-11-12-45-23-9-10-36-27(16(2)3)29(23)41(31(19)37-28)32(43)38-30/h6-10,13,16-18H,1,11-12,14-15H2,2-5H3/t17-,18+/m1/s1/i11D2,12D2. The minimum absolute atomic E-state index is 0.102. The zero-order chi connectivity index (χ0) is 35.7. The lowest BCUT2D eigenvalue weighted by Crippen LogP contribution is -2.58. The van der Waals surface area contributed by atoms with Gasteiger partial charge in [0.2, 0.25) is 5.91 Å². The van der Waals surface area contributed by atoms with Gasteiger partial charge in [-0.15, -0.1) is 0 Å². The van der Waals surface area contributed by atoms with Gasteiger partial charge in [0.15, 0.2) is 17.3 Å². The first-order valence-corrected chi connectivity index (χ1v) is 14.5. The number of nitrogens with zero attached hydrogens (tertiary/aromatic N) is 6. The molecular weight excluding hydrogens is 606 g/mol. The van der Waals surface area contributed by atoms with Crippen molar-refractivity contribution in [2.75, 3.05) is 31.1 Å². The van der Waals surface area contributed by atoms with E-state index in [4.69, 9.17) is 26.6 Å². The number of hydrogen-bond donors (Lipinski definition) is 0. The molecule has 0 radical (unpaired) electrons. The van der Waals surface area contributed by atoms with E-state index in [1.807, 2.05) is 18.7 Å². The first-order valence-electron chi connectivity index (χ1n) is 16.2. The molecule has 2 bridgehead atoms. The summed E-state index contributed by atoms with van der Waals surface area (Å²) in [4.78, 5) is 43.8. The molecule has 6 rings (SSSR count). The molecule has 0 unspecified atom stereocenters. The summed E-state index contributed by atoms with van der Waals surface area (Å²) in [6.07, 6.45) is 2.54. The highest BCUT2D eigenvalue weighted by Crippen LogP contribution is 2.41. The Kier molecular flexibility index (Phi) is 6.71. The molecule has 1 saturated heterocycles. The molecule has 2 aliphatic heterocycles. The molecular formula is C32H31ClF2N6O4. The van der Waals surface area contributed by atoms with E-state index in [-0.39, 0.29) is 70.1 Å². The van der Waals surface area contributed by atoms with E-state index in [9.17, 15) is 14.0 Å². The summed E-state index contributed by atoms with van der Waals surface area (Å²) in [5, 5.41) is -0.0290. The number of carbonyl (C=O) groups is 1. The van der Waals surface area contributed by atoms with Crippen LogP contribution in [0.25, 0.3) is 28.0 Å². The molecule has 2 aliphatic rings. The quantitative estimate of drug-likeness (QED) is 0.279. The van der Waals surface area contributed by atoms with Crippen LogP contribution in [-0.4, -0.2) is 68.6 Å². The Morgan fingerprint density at radius 1 is 1.13 bits per heavy atom. The van der Waals surface area contributed by atoms with Crippen molar-refractivity contribution in [3.63, 3.8) is 0 Å². The highest BCUT2D eigenvalue weighted by atomic mass is 35.5. The average molecular weight is 641 g/mol. The third kappa shape index (κ3) is 5.16. The van der Waals surface area contributed by atoms with Gasteiger partial charge in [0.25, 0.3) is 0 Å². The largest absolute Gasteiger partial charge is 0.489 e. The number of ether oxygens (including phenoxy) is 2. The Morgan fingerprint density at radius 3 is 2.58 bits per heavy atom. The van der Waals surface area contributed by atoms with Crippen LogP contribution < -0.4 is 20.1 Å². The first-order chi connectivity index (χ1) is 23.0. The van der Waals surface area contributed by atoms with Gasteiger partial charge in [-0.25, -0.2) is 23.1 Å². The van der Waals surface area contributed by atoms with E-state index in [0.717, 1.165) is 10.6 Å². The average Bonchev–Trinajstić information content (AvgIpc) is 3.03. The maximum atomic E-state index is 15.7. The Bertz CT molecular complexity index is 2100. The molecule has 0 aliphatic carbocycles. The zero-order valence-corrected chi connectivity index (χ0v) is 25.5. The number of piperazine rings is 1. The van der Waals surface area contributed by atoms with Crippen LogP contribution in [0.1, 0.15) is 44.8 Å². The van der Waals surface area contributed by atoms with Gasteiger partial charge in [0, 0.05) is 37.4 Å². The van der Waals surface area contributed by atoms with Gasteiger partial charge in [-0.1, -0.05) is 32.0 Å². The zero-order valence-electron chi connectivity index (χ0n) is 28.8. The topological polar surface area (TPSA) is 103 Å². The number of rotatable bonds is 3. The van der Waals surface area contributed by atoms with Crippen molar-refractivity contribution in [1.82, 2.24) is 24.4 Å². The molecule has 234 valence electrons. The van der Waals surface area contributed by atoms with Gasteiger partial charge in [-0.05, 0) is 44.0 Å². The molecule has 45 heavy (non-hydrogen) atoms. The normalized spacial score (nSPS) is 21.6. The fourth-order valence-corrected chi connectivity index (χ4v) is 5.96. The van der Waals surface area contributed by atoms with Crippen molar-refractivity contribution in [2.24, 2.45) is 0 Å². The fraction of sp³-hybridized carbons (Fsp3) is 0.344. The Hall–Kier alpha value is -4.58. The van der Waals surface area contributed by atoms with Crippen molar-refractivity contribution >= 4 is 34.4 Å². The summed E-state index contributed by atoms with van der Waals surface area (Å²) < 4.78 is 76.9. The minimum Gasteiger partial charge on any atom is -0.489 e. The van der Waals surface area contributed by atoms with Crippen LogP contribution in [0.4, 0.5) is 14.6 Å². The van der Waals surface area contributed by atoms with Gasteiger partial charge in [-0.2, -0.15) is 4.98 Å². The first kappa shape index (κ1) is 25.7. The van der Waals surface area contributed by atoms with Crippen LogP contribution in [0.5, 0.6) is 11.5 Å². The lowest BCUT2D eigenvalue weighted by atomic mass is 10.0. The second kappa shape index (κ2) is 11.7. The molecule has 13 heteroatoms. The van der Waals surface area contributed by atoms with Gasteiger partial charge in [0.1, 0.15) is 36.1 Å². The number of fused-ring (bicyclic) bond motifs is 5. The smallest absolute Gasteiger partial charge is 0.356 e. The SMILES string of the molecule is [2H]C1([2H])Oc2ccc(F)c(F)c2-c2nc3c(cc2Cl)c(N2C[C@@H](C)N(C(=O)C=C)C[C@@H]2C)nc(=O)n3-c2c(ccnc2C(C)C)OC1([2H])[2H]. The van der Waals surface area contributed by atoms with Crippen molar-refractivity contribution in [1.29, 1.82) is 0 Å². The Balaban J connectivity index is 1.76. The number of carbonyl (C=O) groups excluding carboxylic acids is 1. The van der Waals surface area contributed by atoms with Crippen LogP contribution in [-0.2, 0) is 4.79 Å². The summed E-state index contributed by atoms with van der Waals surface area (Å²) in [5.41, 5.74) is -2.04. The van der Waals surface area contributed by atoms with E-state index >= 15 is 4.39 Å². The molecule has 1 amide bonds. The molecule has 1 fully saturated rings. The number of amides is 1. The third-order valence-corrected chi connectivity index (χ3v) is 8.15. The van der Waals surface area contributed by atoms with Crippen LogP contribution in [0.2, 0.25) is 5.02 Å². The van der Waals surface area contributed by atoms with E-state index in [0.29, 0.717) is 6.07 Å². The third-order valence-electron chi connectivity index (χ3n) is 7.86. The summed E-state index contributed by atoms with van der Waals surface area (Å²) in [5.74, 6) is -4.27. The molecule has 3 aromatic heterocycles. The van der Waals surface area contributed by atoms with E-state index in [2.05, 4.69) is 21.5 Å². The molecule has 0 N–H and O–H groups in total. The summed E-state index contributed by atoms with van der Waals surface area (Å²) >= 11 is 6.78. The van der Waals surface area contributed by atoms with E-state index in [1.165, 1.54) is 24.4 Å². The van der Waals surface area contributed by atoms with E-state index < -0.39 is 53.4 Å². The predicted molar refractivity (Wildman–Crippen MR) is 167 cm³/mol. The highest BCUT2D eigenvalue weighted by Gasteiger charge is 2.35. The van der Waals surface area contributed by atoms with Gasteiger partial charge in [-0.3, -0.25) is 9.78 Å². The van der Waals surface area contributed by atoms with E-state index in [1.54, 1.807) is 18.7 Å². The summed E-state index contributed by atoms with van der Waals surface area (Å²) in [6.45, 7) is 4.70. The van der Waals surface area contributed by atoms with Crippen molar-refractivity contribution in [3.05, 3.63) is 76.0 Å². The second-order valence-corrected chi connectivity index (χ2v) is 11.5. The fourth-order valence-electron chi connectivity index (χ4n) is 5.72. The van der Waals surface area contributed by atoms with Gasteiger partial charge >= 0.3 is 5.69 Å². The van der Waals surface area contributed by atoms with Crippen LogP contribution in [0, 0.1) is 11.6 Å².